The molecule has 0 radical (unpaired) electrons. The Labute approximate surface area is 231 Å². The fourth-order valence-electron chi connectivity index (χ4n) is 5.93. The Morgan fingerprint density at radius 3 is 1.69 bits per heavy atom. The number of hydrogen-bond acceptors (Lipinski definition) is 6. The summed E-state index contributed by atoms with van der Waals surface area (Å²) < 4.78 is 36.8. The molecule has 206 valence electrons. The lowest BCUT2D eigenvalue weighted by atomic mass is 9.75. The van der Waals surface area contributed by atoms with E-state index < -0.39 is 21.7 Å². The molecule has 0 saturated heterocycles. The lowest BCUT2D eigenvalue weighted by molar-refractivity contribution is 0.0817. The van der Waals surface area contributed by atoms with E-state index >= 15 is 0 Å². The van der Waals surface area contributed by atoms with Crippen molar-refractivity contribution in [3.05, 3.63) is 82.9 Å². The lowest BCUT2D eigenvalue weighted by Crippen LogP contribution is -2.53. The van der Waals surface area contributed by atoms with Gasteiger partial charge in [0.2, 0.25) is 0 Å². The molecule has 2 aliphatic heterocycles. The van der Waals surface area contributed by atoms with E-state index in [4.69, 9.17) is 4.74 Å². The van der Waals surface area contributed by atoms with Crippen LogP contribution in [0.3, 0.4) is 0 Å². The topological polar surface area (TPSA) is 73.4 Å². The van der Waals surface area contributed by atoms with E-state index in [2.05, 4.69) is 37.5 Å². The molecule has 5 rings (SSSR count). The fourth-order valence-corrected chi connectivity index (χ4v) is 7.21. The van der Waals surface area contributed by atoms with E-state index in [0.717, 1.165) is 46.2 Å². The minimum Gasteiger partial charge on any atom is -0.456 e. The third-order valence-corrected chi connectivity index (χ3v) is 9.74. The van der Waals surface area contributed by atoms with Crippen molar-refractivity contribution >= 4 is 27.5 Å². The van der Waals surface area contributed by atoms with E-state index in [1.165, 1.54) is 14.1 Å². The molecule has 0 bridgehead atoms. The maximum absolute atomic E-state index is 14.0. The number of ether oxygens (including phenoxy) is 1. The van der Waals surface area contributed by atoms with E-state index in [9.17, 15) is 13.2 Å². The summed E-state index contributed by atoms with van der Waals surface area (Å²) in [7, 11) is -1.31. The summed E-state index contributed by atoms with van der Waals surface area (Å²) in [6.45, 7) is 11.6. The summed E-state index contributed by atoms with van der Waals surface area (Å²) in [5.74, 6) is 0.512. The van der Waals surface area contributed by atoms with Gasteiger partial charge in [-0.05, 0) is 45.9 Å². The highest BCUT2D eigenvalue weighted by molar-refractivity contribution is 7.87. The van der Waals surface area contributed by atoms with Crippen LogP contribution in [0.2, 0.25) is 0 Å². The third kappa shape index (κ3) is 3.82. The number of rotatable bonds is 8. The van der Waals surface area contributed by atoms with Gasteiger partial charge in [0.15, 0.2) is 0 Å². The summed E-state index contributed by atoms with van der Waals surface area (Å²) in [5.41, 5.74) is 2.73. The van der Waals surface area contributed by atoms with Crippen LogP contribution in [0.4, 0.5) is 11.4 Å². The van der Waals surface area contributed by atoms with Crippen molar-refractivity contribution in [2.24, 2.45) is 0 Å². The van der Waals surface area contributed by atoms with Crippen LogP contribution in [0.5, 0.6) is 11.5 Å². The van der Waals surface area contributed by atoms with Crippen molar-refractivity contribution in [2.45, 2.75) is 33.2 Å². The maximum Gasteiger partial charge on any atom is 0.307 e. The zero-order valence-corrected chi connectivity index (χ0v) is 24.2. The summed E-state index contributed by atoms with van der Waals surface area (Å²) >= 11 is 0. The van der Waals surface area contributed by atoms with Crippen LogP contribution in [-0.4, -0.2) is 63.2 Å². The Morgan fingerprint density at radius 2 is 1.23 bits per heavy atom. The van der Waals surface area contributed by atoms with Crippen LogP contribution < -0.4 is 14.5 Å². The zero-order chi connectivity index (χ0) is 28.1. The van der Waals surface area contributed by atoms with E-state index in [1.54, 1.807) is 12.1 Å². The molecule has 9 heteroatoms. The number of hydrogen-bond donors (Lipinski definition) is 0. The van der Waals surface area contributed by atoms with Gasteiger partial charge in [-0.1, -0.05) is 30.3 Å². The predicted molar refractivity (Wildman–Crippen MR) is 155 cm³/mol. The van der Waals surface area contributed by atoms with Gasteiger partial charge in [-0.15, -0.1) is 0 Å². The van der Waals surface area contributed by atoms with E-state index in [0.29, 0.717) is 33.8 Å². The quantitative estimate of drug-likeness (QED) is 0.393. The molecule has 2 heterocycles. The van der Waals surface area contributed by atoms with Crippen molar-refractivity contribution in [2.75, 3.05) is 50.1 Å². The number of benzene rings is 3. The predicted octanol–water partition coefficient (Wildman–Crippen LogP) is 5.04. The molecule has 0 aliphatic carbocycles. The van der Waals surface area contributed by atoms with Gasteiger partial charge in [-0.25, -0.2) is 4.31 Å². The zero-order valence-electron chi connectivity index (χ0n) is 23.4. The van der Waals surface area contributed by atoms with E-state index in [-0.39, 0.29) is 0 Å². The second-order valence-electron chi connectivity index (χ2n) is 9.92. The highest BCUT2D eigenvalue weighted by Crippen LogP contribution is 2.59. The van der Waals surface area contributed by atoms with Crippen molar-refractivity contribution in [1.82, 2.24) is 8.61 Å². The Bertz CT molecular complexity index is 1470. The molecule has 1 amide bonds. The second-order valence-corrected chi connectivity index (χ2v) is 11.9. The molecule has 2 aliphatic rings. The molecule has 0 atom stereocenters. The molecule has 1 spiro atoms. The molecule has 0 saturated carbocycles. The van der Waals surface area contributed by atoms with Crippen LogP contribution in [0.25, 0.3) is 0 Å². The molecule has 8 nitrogen and oxygen atoms in total. The van der Waals surface area contributed by atoms with E-state index in [1.807, 2.05) is 48.5 Å². The minimum absolute atomic E-state index is 0.363. The minimum atomic E-state index is -4.22. The third-order valence-electron chi connectivity index (χ3n) is 7.92. The average Bonchev–Trinajstić information content (AvgIpc) is 3.19. The molecule has 3 aromatic carbocycles. The van der Waals surface area contributed by atoms with Crippen LogP contribution in [-0.2, 0) is 15.7 Å². The highest BCUT2D eigenvalue weighted by atomic mass is 32.2. The molecular formula is C30H36N4O4S. The smallest absolute Gasteiger partial charge is 0.307 e. The van der Waals surface area contributed by atoms with Gasteiger partial charge in [0.05, 0.1) is 0 Å². The number of fused-ring (bicyclic) bond motifs is 6. The second kappa shape index (κ2) is 9.88. The molecule has 3 aromatic rings. The fraction of sp³-hybridized carbons (Fsp3) is 0.367. The maximum atomic E-state index is 14.0. The van der Waals surface area contributed by atoms with Gasteiger partial charge >= 0.3 is 10.2 Å². The monoisotopic (exact) mass is 548 g/mol. The standard InChI is InChI=1S/C30H36N4O4S/c1-7-32(8-2)21-15-17-25-27(19-21)38-28-20-22(33(9-3)10-4)16-18-26(28)30(25)24-14-12-11-13-23(24)29(35)34(30)39(36,37)31(5)6/h11-20H,7-10H2,1-6H3. The average molecular weight is 549 g/mol. The molecule has 0 unspecified atom stereocenters. The summed E-state index contributed by atoms with van der Waals surface area (Å²) in [6.07, 6.45) is 0. The number of nitrogens with zero attached hydrogens (tertiary/aromatic N) is 4. The Morgan fingerprint density at radius 1 is 0.744 bits per heavy atom. The highest BCUT2D eigenvalue weighted by Gasteiger charge is 2.61. The van der Waals surface area contributed by atoms with Crippen molar-refractivity contribution in [3.63, 3.8) is 0 Å². The Balaban J connectivity index is 1.90. The molecule has 0 N–H and O–H groups in total. The molecular weight excluding hydrogens is 512 g/mol. The van der Waals surface area contributed by atoms with Gasteiger partial charge in [0.1, 0.15) is 17.0 Å². The van der Waals surface area contributed by atoms with Crippen LogP contribution >= 0.6 is 0 Å². The van der Waals surface area contributed by atoms with Crippen LogP contribution in [0, 0.1) is 0 Å². The number of carbonyl (C=O) groups excluding carboxylic acids is 1. The van der Waals surface area contributed by atoms with Crippen molar-refractivity contribution in [1.29, 1.82) is 0 Å². The summed E-state index contributed by atoms with van der Waals surface area (Å²) in [4.78, 5) is 18.5. The number of amides is 1. The lowest BCUT2D eigenvalue weighted by Gasteiger charge is -2.44. The number of anilines is 2. The SMILES string of the molecule is CCN(CC)c1ccc2c(c1)Oc1cc(N(CC)CC)ccc1C21c2ccccc2C(=O)N1S(=O)(=O)N(C)C. The molecule has 0 aromatic heterocycles. The van der Waals surface area contributed by atoms with Gasteiger partial charge < -0.3 is 14.5 Å². The molecule has 0 fully saturated rings. The van der Waals surface area contributed by atoms with Crippen LogP contribution in [0.15, 0.2) is 60.7 Å². The van der Waals surface area contributed by atoms with Gasteiger partial charge in [0.25, 0.3) is 5.91 Å². The van der Waals surface area contributed by atoms with Gasteiger partial charge in [-0.2, -0.15) is 12.7 Å². The molecule has 39 heavy (non-hydrogen) atoms. The first-order chi connectivity index (χ1) is 18.7. The van der Waals surface area contributed by atoms with Crippen molar-refractivity contribution in [3.8, 4) is 11.5 Å². The number of carbonyl (C=O) groups is 1. The summed E-state index contributed by atoms with van der Waals surface area (Å²) in [5, 5.41) is 0. The largest absolute Gasteiger partial charge is 0.456 e. The Kier molecular flexibility index (Phi) is 6.84. The first kappa shape index (κ1) is 27.0. The van der Waals surface area contributed by atoms with Gasteiger partial charge in [0, 0.05) is 86.0 Å². The van der Waals surface area contributed by atoms with Crippen LogP contribution in [0.1, 0.15) is 54.7 Å². The Hall–Kier alpha value is -3.56. The first-order valence-corrected chi connectivity index (χ1v) is 14.9. The summed E-state index contributed by atoms with van der Waals surface area (Å²) in [6, 6.07) is 18.9. The first-order valence-electron chi connectivity index (χ1n) is 13.5. The normalized spacial score (nSPS) is 15.2. The van der Waals surface area contributed by atoms with Gasteiger partial charge in [-0.3, -0.25) is 4.79 Å². The van der Waals surface area contributed by atoms with Crippen molar-refractivity contribution < 1.29 is 17.9 Å².